The second-order valence-electron chi connectivity index (χ2n) is 16.8. The Balaban J connectivity index is 1.23. The molecule has 0 unspecified atom stereocenters. The molecule has 0 bridgehead atoms. The zero-order valence-electron chi connectivity index (χ0n) is 38.6. The number of nitrogens with zero attached hydrogens (tertiary/aromatic N) is 9. The van der Waals surface area contributed by atoms with Crippen molar-refractivity contribution in [1.29, 1.82) is 0 Å². The third-order valence-corrected chi connectivity index (χ3v) is 10.6. The summed E-state index contributed by atoms with van der Waals surface area (Å²) in [6.45, 7) is 14.6. The predicted octanol–water partition coefficient (Wildman–Crippen LogP) is 4.65. The highest BCUT2D eigenvalue weighted by molar-refractivity contribution is 6.05. The van der Waals surface area contributed by atoms with Crippen molar-refractivity contribution in [1.82, 2.24) is 43.6 Å². The number of anilines is 2. The molecule has 21 heteroatoms. The fourth-order valence-electron chi connectivity index (χ4n) is 7.53. The Morgan fingerprint density at radius 1 is 0.761 bits per heavy atom. The summed E-state index contributed by atoms with van der Waals surface area (Å²) < 4.78 is 24.0. The van der Waals surface area contributed by atoms with E-state index in [2.05, 4.69) is 37.7 Å². The summed E-state index contributed by atoms with van der Waals surface area (Å²) in [5.74, 6) is 4.54. The zero-order valence-corrected chi connectivity index (χ0v) is 38.6. The van der Waals surface area contributed by atoms with Crippen molar-refractivity contribution in [2.75, 3.05) is 37.4 Å². The number of fused-ring (bicyclic) bond motifs is 2. The van der Waals surface area contributed by atoms with Crippen LogP contribution < -0.4 is 31.6 Å². The van der Waals surface area contributed by atoms with Crippen molar-refractivity contribution in [2.45, 2.75) is 80.2 Å². The Bertz CT molecular complexity index is 3020. The van der Waals surface area contributed by atoms with Gasteiger partial charge in [-0.05, 0) is 84.9 Å². The van der Waals surface area contributed by atoms with Gasteiger partial charge in [0.15, 0.2) is 0 Å². The molecule has 2 aromatic carbocycles. The van der Waals surface area contributed by atoms with Gasteiger partial charge < -0.3 is 39.7 Å². The van der Waals surface area contributed by atoms with Crippen LogP contribution in [0.1, 0.15) is 87.7 Å². The number of likely N-dealkylation sites (tertiary alicyclic amines) is 1. The zero-order chi connectivity index (χ0) is 48.3. The average molecular weight is 916 g/mol. The van der Waals surface area contributed by atoms with Crippen LogP contribution in [0.2, 0.25) is 0 Å². The molecule has 21 nitrogen and oxygen atoms in total. The number of allylic oxidation sites excluding steroid dienone is 2. The number of primary amides is 2. The quantitative estimate of drug-likeness (QED) is 0.0811. The van der Waals surface area contributed by atoms with Gasteiger partial charge in [0.2, 0.25) is 23.7 Å². The fraction of sp³-hybridized carbons (Fsp3) is 0.370. The summed E-state index contributed by atoms with van der Waals surface area (Å²) in [7, 11) is 1.45. The van der Waals surface area contributed by atoms with Gasteiger partial charge in [0, 0.05) is 50.4 Å². The molecule has 0 radical (unpaired) electrons. The molecule has 0 aliphatic carbocycles. The number of hydrogen-bond donors (Lipinski definition) is 4. The van der Waals surface area contributed by atoms with Crippen LogP contribution in [0.5, 0.6) is 11.5 Å². The summed E-state index contributed by atoms with van der Waals surface area (Å²) in [5, 5.41) is 14.6. The number of amides is 5. The molecule has 7 rings (SSSR count). The van der Waals surface area contributed by atoms with E-state index in [1.807, 2.05) is 26.0 Å². The molecule has 1 saturated heterocycles. The number of nitrogens with one attached hydrogen (secondary N) is 2. The Morgan fingerprint density at radius 2 is 1.24 bits per heavy atom. The summed E-state index contributed by atoms with van der Waals surface area (Å²) in [4.78, 5) is 75.9. The molecular formula is C46H53N13O8. The lowest BCUT2D eigenvalue weighted by molar-refractivity contribution is 0.00587. The molecular weight excluding hydrogens is 863 g/mol. The Kier molecular flexibility index (Phi) is 13.4. The number of rotatable bonds is 15. The van der Waals surface area contributed by atoms with Crippen LogP contribution in [0.25, 0.3) is 22.1 Å². The molecule has 0 saturated carbocycles. The number of benzene rings is 2. The molecule has 5 heterocycles. The van der Waals surface area contributed by atoms with E-state index in [1.165, 1.54) is 31.4 Å². The van der Waals surface area contributed by atoms with E-state index in [4.69, 9.17) is 30.7 Å². The normalized spacial score (nSPS) is 12.8. The predicted molar refractivity (Wildman–Crippen MR) is 248 cm³/mol. The fourth-order valence-corrected chi connectivity index (χ4v) is 7.53. The van der Waals surface area contributed by atoms with Crippen molar-refractivity contribution in [3.8, 4) is 23.3 Å². The van der Waals surface area contributed by atoms with Crippen LogP contribution >= 0.6 is 0 Å². The molecule has 6 aromatic rings. The third-order valence-electron chi connectivity index (χ3n) is 10.6. The number of aromatic nitrogens is 8. The average Bonchev–Trinajstić information content (AvgIpc) is 4.02. The van der Waals surface area contributed by atoms with Crippen LogP contribution in [-0.2, 0) is 30.9 Å². The number of ether oxygens (including phenoxy) is 3. The second kappa shape index (κ2) is 19.1. The Labute approximate surface area is 385 Å². The van der Waals surface area contributed by atoms with Gasteiger partial charge >= 0.3 is 6.09 Å². The first-order chi connectivity index (χ1) is 31.9. The monoisotopic (exact) mass is 915 g/mol. The van der Waals surface area contributed by atoms with Gasteiger partial charge in [0.05, 0.1) is 35.4 Å². The number of aryl methyl sites for hydroxylation is 4. The van der Waals surface area contributed by atoms with Gasteiger partial charge in [-0.25, -0.2) is 14.8 Å². The van der Waals surface area contributed by atoms with Crippen LogP contribution in [0.4, 0.5) is 16.7 Å². The van der Waals surface area contributed by atoms with E-state index in [0.29, 0.717) is 76.8 Å². The minimum absolute atomic E-state index is 0.0820. The van der Waals surface area contributed by atoms with Crippen LogP contribution in [0.3, 0.4) is 0 Å². The van der Waals surface area contributed by atoms with Crippen molar-refractivity contribution < 1.29 is 38.2 Å². The largest absolute Gasteiger partial charge is 0.494 e. The smallest absolute Gasteiger partial charge is 0.410 e. The van der Waals surface area contributed by atoms with Crippen LogP contribution in [0, 0.1) is 31.6 Å². The minimum atomic E-state index is -0.722. The first-order valence-corrected chi connectivity index (χ1v) is 21.6. The maximum atomic E-state index is 13.9. The van der Waals surface area contributed by atoms with Crippen molar-refractivity contribution >= 4 is 63.7 Å². The van der Waals surface area contributed by atoms with Crippen LogP contribution in [0.15, 0.2) is 48.6 Å². The molecule has 1 fully saturated rings. The third kappa shape index (κ3) is 10.2. The van der Waals surface area contributed by atoms with E-state index >= 15 is 0 Å². The lowest BCUT2D eigenvalue weighted by Gasteiger charge is -2.37. The topological polar surface area (TPSA) is 264 Å². The van der Waals surface area contributed by atoms with Crippen molar-refractivity contribution in [3.05, 3.63) is 82.5 Å². The second-order valence-corrected chi connectivity index (χ2v) is 16.8. The highest BCUT2D eigenvalue weighted by Gasteiger charge is 2.33. The van der Waals surface area contributed by atoms with E-state index in [1.54, 1.807) is 70.1 Å². The van der Waals surface area contributed by atoms with Crippen LogP contribution in [-0.4, -0.2) is 106 Å². The number of imidazole rings is 2. The standard InChI is InChI=1S/C46H53N13O8/c1-9-58-33(18-26(3)53-58)41(62)51-43-49-31-20-29(39(47)60)22-35(65-8)37(31)56(43)15-11-12-16-57-38-32(50-44(57)52-42(63)34-19-27(4)54-59(34)10-2)21-30(40(48)61)23-36(38)66-17-13-14-28-24-55(25-28)45(64)67-46(5,6)7/h11-12,18-23,28H,9-10,15-17,24-25H2,1-8H3,(H2,47,60)(H2,48,61)(H,49,51,62)(H,50,52,63)/b12-11+. The first-order valence-electron chi connectivity index (χ1n) is 21.6. The van der Waals surface area contributed by atoms with Crippen molar-refractivity contribution in [3.63, 3.8) is 0 Å². The van der Waals surface area contributed by atoms with Crippen molar-refractivity contribution in [2.24, 2.45) is 17.4 Å². The number of carbonyl (C=O) groups is 5. The first kappa shape index (κ1) is 46.8. The number of nitrogens with two attached hydrogens (primary N) is 2. The SMILES string of the molecule is CCn1nc(C)cc1C(=O)Nc1nc2cc(C(N)=O)cc(OC)c2n1C/C=C/Cn1c(NC(=O)c2cc(C)nn2CC)nc2cc(C(N)=O)cc(OCC#CC3CN(C(=O)OC(C)(C)C)C3)c21. The van der Waals surface area contributed by atoms with E-state index in [-0.39, 0.29) is 54.4 Å². The molecule has 5 amide bonds. The van der Waals surface area contributed by atoms with E-state index in [0.717, 1.165) is 0 Å². The molecule has 0 spiro atoms. The number of hydrogen-bond acceptors (Lipinski definition) is 12. The Hall–Kier alpha value is -8.15. The van der Waals surface area contributed by atoms with Gasteiger partial charge in [0.1, 0.15) is 46.1 Å². The summed E-state index contributed by atoms with van der Waals surface area (Å²) in [5.41, 5.74) is 14.6. The lowest BCUT2D eigenvalue weighted by Crippen LogP contribution is -2.51. The molecule has 0 atom stereocenters. The van der Waals surface area contributed by atoms with E-state index in [9.17, 15) is 24.0 Å². The Morgan fingerprint density at radius 3 is 1.69 bits per heavy atom. The number of carbonyl (C=O) groups excluding carboxylic acids is 5. The van der Waals surface area contributed by atoms with E-state index < -0.39 is 35.3 Å². The molecule has 67 heavy (non-hydrogen) atoms. The number of methoxy groups -OCH3 is 1. The molecule has 6 N–H and O–H groups in total. The maximum absolute atomic E-state index is 13.9. The minimum Gasteiger partial charge on any atom is -0.494 e. The molecule has 1 aliphatic heterocycles. The van der Waals surface area contributed by atoms with Gasteiger partial charge in [0.25, 0.3) is 11.8 Å². The lowest BCUT2D eigenvalue weighted by atomic mass is 10.0. The van der Waals surface area contributed by atoms with Gasteiger partial charge in [-0.3, -0.25) is 39.2 Å². The molecule has 1 aliphatic rings. The van der Waals surface area contributed by atoms with Gasteiger partial charge in [-0.2, -0.15) is 10.2 Å². The van der Waals surface area contributed by atoms with Gasteiger partial charge in [-0.1, -0.05) is 24.0 Å². The maximum Gasteiger partial charge on any atom is 0.410 e. The molecule has 350 valence electrons. The summed E-state index contributed by atoms with van der Waals surface area (Å²) in [6, 6.07) is 9.37. The summed E-state index contributed by atoms with van der Waals surface area (Å²) >= 11 is 0. The molecule has 4 aromatic heterocycles. The highest BCUT2D eigenvalue weighted by Crippen LogP contribution is 2.33. The highest BCUT2D eigenvalue weighted by atomic mass is 16.6. The summed E-state index contributed by atoms with van der Waals surface area (Å²) in [6.07, 6.45) is 3.23. The van der Waals surface area contributed by atoms with Gasteiger partial charge in [-0.15, -0.1) is 0 Å².